The number of amides is 1. The fourth-order valence-electron chi connectivity index (χ4n) is 2.38. The van der Waals surface area contributed by atoms with Gasteiger partial charge in [-0.3, -0.25) is 0 Å². The largest absolute Gasteiger partial charge is 0.444 e. The predicted molar refractivity (Wildman–Crippen MR) is 78.5 cm³/mol. The van der Waals surface area contributed by atoms with Crippen LogP contribution in [0.2, 0.25) is 0 Å². The van der Waals surface area contributed by atoms with E-state index >= 15 is 0 Å². The van der Waals surface area contributed by atoms with Crippen LogP contribution in [0.1, 0.15) is 45.7 Å². The predicted octanol–water partition coefficient (Wildman–Crippen LogP) is 2.55. The molecule has 2 rings (SSSR count). The van der Waals surface area contributed by atoms with Crippen molar-refractivity contribution in [3.63, 3.8) is 0 Å². The third-order valence-electron chi connectivity index (χ3n) is 3.52. The maximum atomic E-state index is 11.9. The Hall–Kier alpha value is -1.49. The molecule has 1 aliphatic rings. The van der Waals surface area contributed by atoms with Crippen molar-refractivity contribution in [1.29, 1.82) is 0 Å². The molecule has 0 radical (unpaired) electrons. The summed E-state index contributed by atoms with van der Waals surface area (Å²) in [5, 5.41) is 6.43. The summed E-state index contributed by atoms with van der Waals surface area (Å²) in [6.45, 7) is 7.19. The van der Waals surface area contributed by atoms with Crippen molar-refractivity contribution in [3.05, 3.63) is 24.0 Å². The molecule has 5 heteroatoms. The van der Waals surface area contributed by atoms with E-state index in [1.54, 1.807) is 0 Å². The molecular formula is C15H25N3O2. The number of aromatic amines is 1. The zero-order valence-corrected chi connectivity index (χ0v) is 12.6. The summed E-state index contributed by atoms with van der Waals surface area (Å²) in [7, 11) is 0. The van der Waals surface area contributed by atoms with Crippen LogP contribution in [-0.4, -0.2) is 28.8 Å². The van der Waals surface area contributed by atoms with Crippen molar-refractivity contribution in [3.8, 4) is 0 Å². The average molecular weight is 279 g/mol. The van der Waals surface area contributed by atoms with Gasteiger partial charge in [-0.25, -0.2) is 4.79 Å². The maximum absolute atomic E-state index is 11.9. The quantitative estimate of drug-likeness (QED) is 0.776. The molecule has 20 heavy (non-hydrogen) atoms. The van der Waals surface area contributed by atoms with Gasteiger partial charge in [0.2, 0.25) is 0 Å². The minimum Gasteiger partial charge on any atom is -0.444 e. The molecule has 112 valence electrons. The van der Waals surface area contributed by atoms with Crippen molar-refractivity contribution in [2.24, 2.45) is 0 Å². The van der Waals surface area contributed by atoms with E-state index in [-0.39, 0.29) is 11.6 Å². The zero-order chi connectivity index (χ0) is 14.6. The number of H-pyrrole nitrogens is 1. The summed E-state index contributed by atoms with van der Waals surface area (Å²) < 4.78 is 5.34. The highest BCUT2D eigenvalue weighted by molar-refractivity contribution is 5.69. The van der Waals surface area contributed by atoms with Crippen LogP contribution in [-0.2, 0) is 11.3 Å². The topological polar surface area (TPSA) is 66.2 Å². The lowest BCUT2D eigenvalue weighted by Crippen LogP contribution is -2.59. The lowest BCUT2D eigenvalue weighted by atomic mass is 9.76. The molecule has 1 aromatic heterocycles. The summed E-state index contributed by atoms with van der Waals surface area (Å²) in [5.41, 5.74) is 0.554. The van der Waals surface area contributed by atoms with Gasteiger partial charge >= 0.3 is 6.09 Å². The highest BCUT2D eigenvalue weighted by atomic mass is 16.6. The van der Waals surface area contributed by atoms with E-state index in [4.69, 9.17) is 4.74 Å². The minimum absolute atomic E-state index is 0.144. The second-order valence-electron chi connectivity index (χ2n) is 6.56. The van der Waals surface area contributed by atoms with E-state index in [0.29, 0.717) is 0 Å². The molecule has 5 nitrogen and oxygen atoms in total. The number of hydrogen-bond donors (Lipinski definition) is 3. The second kappa shape index (κ2) is 5.87. The molecule has 1 aromatic rings. The Balaban J connectivity index is 1.78. The Morgan fingerprint density at radius 3 is 2.70 bits per heavy atom. The molecule has 3 N–H and O–H groups in total. The summed E-state index contributed by atoms with van der Waals surface area (Å²) in [6.07, 6.45) is 4.75. The molecule has 0 unspecified atom stereocenters. The number of ether oxygens (including phenoxy) is 1. The minimum atomic E-state index is -0.452. The summed E-state index contributed by atoms with van der Waals surface area (Å²) in [6, 6.07) is 4.02. The summed E-state index contributed by atoms with van der Waals surface area (Å²) in [5.74, 6) is 0. The highest BCUT2D eigenvalue weighted by Crippen LogP contribution is 2.31. The van der Waals surface area contributed by atoms with E-state index in [1.165, 1.54) is 0 Å². The molecule has 1 heterocycles. The molecule has 1 fully saturated rings. The smallest absolute Gasteiger partial charge is 0.408 e. The molecule has 0 aromatic carbocycles. The van der Waals surface area contributed by atoms with Crippen molar-refractivity contribution in [1.82, 2.24) is 15.6 Å². The Morgan fingerprint density at radius 2 is 2.20 bits per heavy atom. The van der Waals surface area contributed by atoms with Crippen LogP contribution in [0.4, 0.5) is 4.79 Å². The number of alkyl carbamates (subject to hydrolysis) is 1. The van der Waals surface area contributed by atoms with Crippen molar-refractivity contribution >= 4 is 6.09 Å². The molecule has 0 spiro atoms. The van der Waals surface area contributed by atoms with Gasteiger partial charge in [0.15, 0.2) is 0 Å². The average Bonchev–Trinajstić information content (AvgIpc) is 2.75. The number of carbonyl (C=O) groups is 1. The number of rotatable bonds is 5. The van der Waals surface area contributed by atoms with E-state index in [0.717, 1.165) is 38.0 Å². The van der Waals surface area contributed by atoms with Crippen LogP contribution in [0, 0.1) is 0 Å². The van der Waals surface area contributed by atoms with E-state index in [9.17, 15) is 4.79 Å². The van der Waals surface area contributed by atoms with Crippen LogP contribution >= 0.6 is 0 Å². The molecule has 0 atom stereocenters. The molecule has 0 bridgehead atoms. The van der Waals surface area contributed by atoms with Crippen LogP contribution in [0.5, 0.6) is 0 Å². The van der Waals surface area contributed by atoms with Crippen LogP contribution < -0.4 is 10.6 Å². The van der Waals surface area contributed by atoms with Gasteiger partial charge in [0.1, 0.15) is 5.60 Å². The number of carbonyl (C=O) groups excluding carboxylic acids is 1. The number of hydrogen-bond acceptors (Lipinski definition) is 3. The molecule has 1 amide bonds. The monoisotopic (exact) mass is 279 g/mol. The number of nitrogens with one attached hydrogen (secondary N) is 3. The lowest BCUT2D eigenvalue weighted by Gasteiger charge is -2.42. The van der Waals surface area contributed by atoms with Gasteiger partial charge in [0.05, 0.1) is 5.54 Å². The van der Waals surface area contributed by atoms with Crippen molar-refractivity contribution in [2.45, 2.75) is 57.7 Å². The van der Waals surface area contributed by atoms with Gasteiger partial charge < -0.3 is 20.4 Å². The van der Waals surface area contributed by atoms with Gasteiger partial charge in [-0.1, -0.05) is 0 Å². The Bertz CT molecular complexity index is 430. The first kappa shape index (κ1) is 14.9. The molecule has 0 saturated heterocycles. The Kier molecular flexibility index (Phi) is 4.38. The van der Waals surface area contributed by atoms with Gasteiger partial charge in [0.25, 0.3) is 0 Å². The van der Waals surface area contributed by atoms with Crippen molar-refractivity contribution in [2.75, 3.05) is 6.54 Å². The van der Waals surface area contributed by atoms with Crippen molar-refractivity contribution < 1.29 is 9.53 Å². The fraction of sp³-hybridized carbons (Fsp3) is 0.667. The van der Waals surface area contributed by atoms with Crippen LogP contribution in [0.15, 0.2) is 18.3 Å². The summed E-state index contributed by atoms with van der Waals surface area (Å²) in [4.78, 5) is 15.0. The first-order chi connectivity index (χ1) is 9.39. The third kappa shape index (κ3) is 4.27. The molecular weight excluding hydrogens is 254 g/mol. The van der Waals surface area contributed by atoms with Gasteiger partial charge in [-0.15, -0.1) is 0 Å². The molecule has 1 saturated carbocycles. The Labute approximate surface area is 120 Å². The molecule has 1 aliphatic carbocycles. The van der Waals surface area contributed by atoms with Crippen LogP contribution in [0.3, 0.4) is 0 Å². The fourth-order valence-corrected chi connectivity index (χ4v) is 2.38. The maximum Gasteiger partial charge on any atom is 0.408 e. The van der Waals surface area contributed by atoms with E-state index in [2.05, 4.69) is 15.6 Å². The van der Waals surface area contributed by atoms with Gasteiger partial charge in [0, 0.05) is 25.0 Å². The normalized spacial score (nSPS) is 17.4. The zero-order valence-electron chi connectivity index (χ0n) is 12.6. The van der Waals surface area contributed by atoms with Gasteiger partial charge in [-0.2, -0.15) is 0 Å². The Morgan fingerprint density at radius 1 is 1.45 bits per heavy atom. The standard InChI is InChI=1S/C15H25N3O2/c1-14(2,3)20-13(19)18-15(7-5-8-15)11-16-10-12-6-4-9-17-12/h4,6,9,16-17H,5,7-8,10-11H2,1-3H3,(H,18,19). The van der Waals surface area contributed by atoms with E-state index in [1.807, 2.05) is 39.1 Å². The second-order valence-corrected chi connectivity index (χ2v) is 6.56. The highest BCUT2D eigenvalue weighted by Gasteiger charge is 2.39. The first-order valence-corrected chi connectivity index (χ1v) is 7.23. The summed E-state index contributed by atoms with van der Waals surface area (Å²) >= 11 is 0. The first-order valence-electron chi connectivity index (χ1n) is 7.23. The lowest BCUT2D eigenvalue weighted by molar-refractivity contribution is 0.0382. The van der Waals surface area contributed by atoms with E-state index < -0.39 is 5.60 Å². The number of aromatic nitrogens is 1. The van der Waals surface area contributed by atoms with Gasteiger partial charge in [-0.05, 0) is 52.2 Å². The molecule has 0 aliphatic heterocycles. The SMILES string of the molecule is CC(C)(C)OC(=O)NC1(CNCc2ccc[nH]2)CCC1. The third-order valence-corrected chi connectivity index (χ3v) is 3.52. The van der Waals surface area contributed by atoms with Crippen LogP contribution in [0.25, 0.3) is 0 Å².